The van der Waals surface area contributed by atoms with Crippen LogP contribution in [-0.4, -0.2) is 15.7 Å². The van der Waals surface area contributed by atoms with Gasteiger partial charge in [0.15, 0.2) is 0 Å². The molecule has 0 aliphatic carbocycles. The second-order valence-corrected chi connectivity index (χ2v) is 6.53. The van der Waals surface area contributed by atoms with E-state index in [-0.39, 0.29) is 5.69 Å². The van der Waals surface area contributed by atoms with E-state index in [0.717, 1.165) is 34.5 Å². The van der Waals surface area contributed by atoms with E-state index in [0.29, 0.717) is 5.69 Å². The average Bonchev–Trinajstić information content (AvgIpc) is 3.16. The molecule has 9 heteroatoms. The summed E-state index contributed by atoms with van der Waals surface area (Å²) in [6, 6.07) is 7.86. The summed E-state index contributed by atoms with van der Waals surface area (Å²) in [5, 5.41) is 10.5. The first-order valence-corrected chi connectivity index (χ1v) is 8.80. The average molecular weight is 393 g/mol. The van der Waals surface area contributed by atoms with Crippen molar-refractivity contribution in [1.82, 2.24) is 9.78 Å². The Morgan fingerprint density at radius 2 is 1.85 bits per heavy atom. The smallest absolute Gasteiger partial charge is 0.324 e. The summed E-state index contributed by atoms with van der Waals surface area (Å²) in [5.74, 6) is -0.563. The SMILES string of the molecule is CC(C(=O)Nc1ccc(C(F)(F)F)cc1)n1nc(-c2ccsc2)ccc1=O. The van der Waals surface area contributed by atoms with Crippen molar-refractivity contribution in [2.45, 2.75) is 19.1 Å². The standard InChI is InChI=1S/C18H14F3N3O2S/c1-11(17(26)22-14-4-2-13(3-5-14)18(19,20)21)24-16(25)7-6-15(23-24)12-8-9-27-10-12/h2-11H,1H3,(H,22,26). The zero-order valence-corrected chi connectivity index (χ0v) is 14.8. The van der Waals surface area contributed by atoms with Crippen molar-refractivity contribution in [3.05, 3.63) is 69.1 Å². The van der Waals surface area contributed by atoms with E-state index in [1.54, 1.807) is 6.07 Å². The van der Waals surface area contributed by atoms with Crippen molar-refractivity contribution in [3.8, 4) is 11.3 Å². The number of aromatic nitrogens is 2. The van der Waals surface area contributed by atoms with Crippen LogP contribution in [0.1, 0.15) is 18.5 Å². The molecule has 0 spiro atoms. The Morgan fingerprint density at radius 1 is 1.15 bits per heavy atom. The Kier molecular flexibility index (Phi) is 5.13. The van der Waals surface area contributed by atoms with Crippen LogP contribution in [0.2, 0.25) is 0 Å². The van der Waals surface area contributed by atoms with Crippen molar-refractivity contribution >= 4 is 22.9 Å². The number of amides is 1. The molecule has 27 heavy (non-hydrogen) atoms. The summed E-state index contributed by atoms with van der Waals surface area (Å²) in [5.41, 5.74) is 0.301. The largest absolute Gasteiger partial charge is 0.416 e. The number of benzene rings is 1. The number of alkyl halides is 3. The molecule has 2 aromatic heterocycles. The number of anilines is 1. The topological polar surface area (TPSA) is 64.0 Å². The fourth-order valence-electron chi connectivity index (χ4n) is 2.37. The molecular formula is C18H14F3N3O2S. The second kappa shape index (κ2) is 7.36. The number of hydrogen-bond acceptors (Lipinski definition) is 4. The van der Waals surface area contributed by atoms with Crippen LogP contribution < -0.4 is 10.9 Å². The molecule has 0 aliphatic rings. The van der Waals surface area contributed by atoms with Crippen molar-refractivity contribution in [3.63, 3.8) is 0 Å². The van der Waals surface area contributed by atoms with Crippen LogP contribution in [0.25, 0.3) is 11.3 Å². The zero-order chi connectivity index (χ0) is 19.6. The first-order chi connectivity index (χ1) is 12.8. The molecule has 2 heterocycles. The monoisotopic (exact) mass is 393 g/mol. The molecule has 140 valence electrons. The van der Waals surface area contributed by atoms with Gasteiger partial charge in [-0.3, -0.25) is 9.59 Å². The quantitative estimate of drug-likeness (QED) is 0.723. The Morgan fingerprint density at radius 3 is 2.44 bits per heavy atom. The highest BCUT2D eigenvalue weighted by atomic mass is 32.1. The molecule has 1 atom stereocenters. The van der Waals surface area contributed by atoms with E-state index in [9.17, 15) is 22.8 Å². The van der Waals surface area contributed by atoms with Gasteiger partial charge in [0.25, 0.3) is 5.56 Å². The number of thiophene rings is 1. The molecule has 0 saturated heterocycles. The maximum absolute atomic E-state index is 12.6. The van der Waals surface area contributed by atoms with Crippen LogP contribution >= 0.6 is 11.3 Å². The van der Waals surface area contributed by atoms with Crippen molar-refractivity contribution in [1.29, 1.82) is 0 Å². The van der Waals surface area contributed by atoms with Gasteiger partial charge in [-0.1, -0.05) is 0 Å². The molecule has 1 aromatic carbocycles. The molecule has 5 nitrogen and oxygen atoms in total. The highest BCUT2D eigenvalue weighted by Gasteiger charge is 2.30. The van der Waals surface area contributed by atoms with Gasteiger partial charge in [-0.15, -0.1) is 0 Å². The number of nitrogens with zero attached hydrogens (tertiary/aromatic N) is 2. The van der Waals surface area contributed by atoms with Gasteiger partial charge in [0.1, 0.15) is 6.04 Å². The third-order valence-electron chi connectivity index (χ3n) is 3.87. The lowest BCUT2D eigenvalue weighted by Crippen LogP contribution is -2.33. The molecule has 3 aromatic rings. The van der Waals surface area contributed by atoms with E-state index < -0.39 is 29.2 Å². The van der Waals surface area contributed by atoms with E-state index in [4.69, 9.17) is 0 Å². The number of hydrogen-bond donors (Lipinski definition) is 1. The number of nitrogens with one attached hydrogen (secondary N) is 1. The molecule has 0 fully saturated rings. The molecule has 3 rings (SSSR count). The molecule has 1 unspecified atom stereocenters. The lowest BCUT2D eigenvalue weighted by molar-refractivity contribution is -0.137. The van der Waals surface area contributed by atoms with Gasteiger partial charge < -0.3 is 5.32 Å². The van der Waals surface area contributed by atoms with Gasteiger partial charge in [0.05, 0.1) is 11.3 Å². The number of carbonyl (C=O) groups excluding carboxylic acids is 1. The van der Waals surface area contributed by atoms with Crippen LogP contribution in [0.3, 0.4) is 0 Å². The molecule has 1 N–H and O–H groups in total. The predicted octanol–water partition coefficient (Wildman–Crippen LogP) is 4.19. The Hall–Kier alpha value is -2.94. The molecule has 0 bridgehead atoms. The van der Waals surface area contributed by atoms with Crippen LogP contribution in [0, 0.1) is 0 Å². The van der Waals surface area contributed by atoms with Crippen LogP contribution in [0.15, 0.2) is 58.0 Å². The zero-order valence-electron chi connectivity index (χ0n) is 14.0. The highest BCUT2D eigenvalue weighted by molar-refractivity contribution is 7.08. The molecule has 0 saturated carbocycles. The Bertz CT molecular complexity index is 996. The summed E-state index contributed by atoms with van der Waals surface area (Å²) in [7, 11) is 0. The van der Waals surface area contributed by atoms with E-state index in [1.807, 2.05) is 16.8 Å². The van der Waals surface area contributed by atoms with Gasteiger partial charge >= 0.3 is 6.18 Å². The van der Waals surface area contributed by atoms with Crippen LogP contribution in [0.4, 0.5) is 18.9 Å². The first-order valence-electron chi connectivity index (χ1n) is 7.86. The summed E-state index contributed by atoms with van der Waals surface area (Å²) in [6.45, 7) is 1.49. The Labute approximate surface area is 156 Å². The third-order valence-corrected chi connectivity index (χ3v) is 4.55. The minimum absolute atomic E-state index is 0.196. The minimum atomic E-state index is -4.45. The fraction of sp³-hybridized carbons (Fsp3) is 0.167. The maximum Gasteiger partial charge on any atom is 0.416 e. The molecule has 0 aliphatic heterocycles. The summed E-state index contributed by atoms with van der Waals surface area (Å²) in [6.07, 6.45) is -4.45. The van der Waals surface area contributed by atoms with Gasteiger partial charge in [0.2, 0.25) is 5.91 Å². The van der Waals surface area contributed by atoms with Gasteiger partial charge in [-0.05, 0) is 48.7 Å². The van der Waals surface area contributed by atoms with E-state index in [1.165, 1.54) is 24.3 Å². The van der Waals surface area contributed by atoms with Gasteiger partial charge in [-0.25, -0.2) is 4.68 Å². The number of rotatable bonds is 4. The summed E-state index contributed by atoms with van der Waals surface area (Å²) >= 11 is 1.48. The Balaban J connectivity index is 1.79. The lowest BCUT2D eigenvalue weighted by Gasteiger charge is -2.15. The first kappa shape index (κ1) is 18.8. The third kappa shape index (κ3) is 4.25. The summed E-state index contributed by atoms with van der Waals surface area (Å²) in [4.78, 5) is 24.5. The second-order valence-electron chi connectivity index (χ2n) is 5.75. The molecule has 0 radical (unpaired) electrons. The fourth-order valence-corrected chi connectivity index (χ4v) is 3.02. The number of halogens is 3. The maximum atomic E-state index is 12.6. The minimum Gasteiger partial charge on any atom is -0.324 e. The normalized spacial score (nSPS) is 12.6. The molecular weight excluding hydrogens is 379 g/mol. The van der Waals surface area contributed by atoms with Gasteiger partial charge in [0, 0.05) is 22.7 Å². The van der Waals surface area contributed by atoms with E-state index in [2.05, 4.69) is 10.4 Å². The highest BCUT2D eigenvalue weighted by Crippen LogP contribution is 2.30. The van der Waals surface area contributed by atoms with E-state index >= 15 is 0 Å². The lowest BCUT2D eigenvalue weighted by atomic mass is 10.2. The van der Waals surface area contributed by atoms with Crippen molar-refractivity contribution < 1.29 is 18.0 Å². The van der Waals surface area contributed by atoms with Crippen molar-refractivity contribution in [2.75, 3.05) is 5.32 Å². The van der Waals surface area contributed by atoms with Crippen LogP contribution in [0.5, 0.6) is 0 Å². The summed E-state index contributed by atoms with van der Waals surface area (Å²) < 4.78 is 38.8. The predicted molar refractivity (Wildman–Crippen MR) is 96.6 cm³/mol. The van der Waals surface area contributed by atoms with Crippen LogP contribution in [-0.2, 0) is 11.0 Å². The number of carbonyl (C=O) groups is 1. The molecule has 1 amide bonds. The van der Waals surface area contributed by atoms with Crippen molar-refractivity contribution in [2.24, 2.45) is 0 Å². The van der Waals surface area contributed by atoms with Gasteiger partial charge in [-0.2, -0.15) is 29.6 Å².